The summed E-state index contributed by atoms with van der Waals surface area (Å²) >= 11 is 0. The van der Waals surface area contributed by atoms with Crippen LogP contribution in [0.4, 0.5) is 0 Å². The molecule has 0 amide bonds. The molecule has 2 atom stereocenters. The molecule has 0 radical (unpaired) electrons. The molecule has 17 heavy (non-hydrogen) atoms. The highest BCUT2D eigenvalue weighted by molar-refractivity contribution is 5.39. The number of hydrogen-bond donors (Lipinski definition) is 1. The van der Waals surface area contributed by atoms with Crippen LogP contribution in [0.2, 0.25) is 0 Å². The Morgan fingerprint density at radius 1 is 1.24 bits per heavy atom. The maximum Gasteiger partial charge on any atom is 0.0353 e. The lowest BCUT2D eigenvalue weighted by atomic mass is 9.85. The molecule has 0 aromatic heterocycles. The molecule has 92 valence electrons. The zero-order chi connectivity index (χ0) is 12.0. The van der Waals surface area contributed by atoms with Crippen molar-refractivity contribution in [2.24, 2.45) is 5.92 Å². The van der Waals surface area contributed by atoms with Gasteiger partial charge in [0.05, 0.1) is 0 Å². The Morgan fingerprint density at radius 3 is 2.65 bits per heavy atom. The Bertz CT molecular complexity index is 418. The summed E-state index contributed by atoms with van der Waals surface area (Å²) in [7, 11) is 0. The van der Waals surface area contributed by atoms with Crippen molar-refractivity contribution in [1.82, 2.24) is 5.32 Å². The molecule has 1 heteroatoms. The van der Waals surface area contributed by atoms with Gasteiger partial charge in [0.2, 0.25) is 0 Å². The van der Waals surface area contributed by atoms with Gasteiger partial charge in [0, 0.05) is 12.1 Å². The molecule has 1 aliphatic carbocycles. The predicted octanol–water partition coefficient (Wildman–Crippen LogP) is 3.80. The normalized spacial score (nSPS) is 28.2. The highest BCUT2D eigenvalue weighted by Crippen LogP contribution is 2.44. The van der Waals surface area contributed by atoms with Gasteiger partial charge in [-0.3, -0.25) is 0 Å². The van der Waals surface area contributed by atoms with E-state index in [1.165, 1.54) is 24.8 Å². The van der Waals surface area contributed by atoms with Gasteiger partial charge in [-0.15, -0.1) is 0 Å². The van der Waals surface area contributed by atoms with E-state index in [9.17, 15) is 0 Å². The van der Waals surface area contributed by atoms with Crippen LogP contribution < -0.4 is 5.32 Å². The van der Waals surface area contributed by atoms with Crippen LogP contribution in [0, 0.1) is 5.92 Å². The van der Waals surface area contributed by atoms with Gasteiger partial charge >= 0.3 is 0 Å². The van der Waals surface area contributed by atoms with Crippen molar-refractivity contribution in [3.05, 3.63) is 34.9 Å². The number of hydrogen-bond acceptors (Lipinski definition) is 1. The van der Waals surface area contributed by atoms with E-state index < -0.39 is 0 Å². The third kappa shape index (κ3) is 2.13. The molecule has 2 aliphatic rings. The molecule has 0 saturated heterocycles. The number of fused-ring (bicyclic) bond motifs is 1. The zero-order valence-electron chi connectivity index (χ0n) is 11.2. The average Bonchev–Trinajstić information content (AvgIpc) is 3.10. The Labute approximate surface area is 105 Å². The van der Waals surface area contributed by atoms with Gasteiger partial charge in [-0.1, -0.05) is 32.0 Å². The van der Waals surface area contributed by atoms with Crippen LogP contribution in [0.1, 0.15) is 62.3 Å². The highest BCUT2D eigenvalue weighted by atomic mass is 15.0. The number of benzene rings is 1. The maximum absolute atomic E-state index is 3.80. The molecular formula is C16H23N. The first-order chi connectivity index (χ1) is 8.15. The van der Waals surface area contributed by atoms with Crippen LogP contribution >= 0.6 is 0 Å². The molecule has 1 fully saturated rings. The quantitative estimate of drug-likeness (QED) is 0.813. The second-order valence-corrected chi connectivity index (χ2v) is 6.20. The van der Waals surface area contributed by atoms with E-state index in [1.54, 1.807) is 11.1 Å². The largest absolute Gasteiger partial charge is 0.307 e. The molecule has 1 aliphatic heterocycles. The SMILES string of the molecule is CC1Cc2ccc(C(C)C)cc2C(C2CC2)N1. The zero-order valence-corrected chi connectivity index (χ0v) is 11.2. The Morgan fingerprint density at radius 2 is 2.00 bits per heavy atom. The Hall–Kier alpha value is -0.820. The second-order valence-electron chi connectivity index (χ2n) is 6.20. The highest BCUT2D eigenvalue weighted by Gasteiger charge is 2.36. The van der Waals surface area contributed by atoms with Crippen LogP contribution in [0.3, 0.4) is 0 Å². The topological polar surface area (TPSA) is 12.0 Å². The van der Waals surface area contributed by atoms with Gasteiger partial charge in [-0.05, 0) is 54.7 Å². The first-order valence-electron chi connectivity index (χ1n) is 7.04. The monoisotopic (exact) mass is 229 g/mol. The Balaban J connectivity index is 1.99. The maximum atomic E-state index is 3.80. The molecule has 2 unspecified atom stereocenters. The lowest BCUT2D eigenvalue weighted by molar-refractivity contribution is 0.389. The minimum atomic E-state index is 0.632. The van der Waals surface area contributed by atoms with Gasteiger partial charge in [0.15, 0.2) is 0 Å². The van der Waals surface area contributed by atoms with Crippen molar-refractivity contribution in [2.75, 3.05) is 0 Å². The molecule has 1 aromatic carbocycles. The lowest BCUT2D eigenvalue weighted by Gasteiger charge is -2.32. The Kier molecular flexibility index (Phi) is 2.74. The summed E-state index contributed by atoms with van der Waals surface area (Å²) in [5.74, 6) is 1.54. The summed E-state index contributed by atoms with van der Waals surface area (Å²) in [5, 5.41) is 3.80. The molecule has 1 saturated carbocycles. The smallest absolute Gasteiger partial charge is 0.0353 e. The minimum Gasteiger partial charge on any atom is -0.307 e. The fourth-order valence-corrected chi connectivity index (χ4v) is 3.05. The minimum absolute atomic E-state index is 0.632. The summed E-state index contributed by atoms with van der Waals surface area (Å²) in [4.78, 5) is 0. The molecule has 3 rings (SSSR count). The van der Waals surface area contributed by atoms with Gasteiger partial charge in [0.1, 0.15) is 0 Å². The van der Waals surface area contributed by atoms with Gasteiger partial charge < -0.3 is 5.32 Å². The molecule has 1 nitrogen and oxygen atoms in total. The summed E-state index contributed by atoms with van der Waals surface area (Å²) in [6.07, 6.45) is 4.02. The van der Waals surface area contributed by atoms with E-state index in [1.807, 2.05) is 0 Å². The first kappa shape index (κ1) is 11.3. The van der Waals surface area contributed by atoms with Crippen LogP contribution in [0.5, 0.6) is 0 Å². The number of nitrogens with one attached hydrogen (secondary N) is 1. The summed E-state index contributed by atoms with van der Waals surface area (Å²) in [5.41, 5.74) is 4.67. The van der Waals surface area contributed by atoms with Crippen molar-refractivity contribution in [1.29, 1.82) is 0 Å². The predicted molar refractivity (Wildman–Crippen MR) is 72.3 cm³/mol. The van der Waals surface area contributed by atoms with E-state index >= 15 is 0 Å². The van der Waals surface area contributed by atoms with Crippen molar-refractivity contribution in [3.8, 4) is 0 Å². The lowest BCUT2D eigenvalue weighted by Crippen LogP contribution is -2.38. The average molecular weight is 229 g/mol. The van der Waals surface area contributed by atoms with Crippen LogP contribution in [-0.4, -0.2) is 6.04 Å². The fraction of sp³-hybridized carbons (Fsp3) is 0.625. The van der Waals surface area contributed by atoms with Crippen molar-refractivity contribution < 1.29 is 0 Å². The standard InChI is InChI=1S/C16H23N/c1-10(2)13-6-7-14-8-11(3)17-16(12-4-5-12)15(14)9-13/h6-7,9-12,16-17H,4-5,8H2,1-3H3. The van der Waals surface area contributed by atoms with Crippen molar-refractivity contribution >= 4 is 0 Å². The molecular weight excluding hydrogens is 206 g/mol. The summed E-state index contributed by atoms with van der Waals surface area (Å²) in [6.45, 7) is 6.88. The van der Waals surface area contributed by atoms with Crippen LogP contribution in [-0.2, 0) is 6.42 Å². The number of rotatable bonds is 2. The van der Waals surface area contributed by atoms with E-state index in [2.05, 4.69) is 44.3 Å². The van der Waals surface area contributed by atoms with E-state index in [-0.39, 0.29) is 0 Å². The third-order valence-electron chi connectivity index (χ3n) is 4.26. The molecule has 0 bridgehead atoms. The second kappa shape index (κ2) is 4.13. The van der Waals surface area contributed by atoms with E-state index in [0.717, 1.165) is 5.92 Å². The van der Waals surface area contributed by atoms with E-state index in [4.69, 9.17) is 0 Å². The van der Waals surface area contributed by atoms with Crippen molar-refractivity contribution in [3.63, 3.8) is 0 Å². The summed E-state index contributed by atoms with van der Waals surface area (Å²) < 4.78 is 0. The summed E-state index contributed by atoms with van der Waals surface area (Å²) in [6, 6.07) is 8.43. The van der Waals surface area contributed by atoms with Gasteiger partial charge in [0.25, 0.3) is 0 Å². The molecule has 0 spiro atoms. The van der Waals surface area contributed by atoms with Crippen LogP contribution in [0.25, 0.3) is 0 Å². The van der Waals surface area contributed by atoms with Crippen LogP contribution in [0.15, 0.2) is 18.2 Å². The molecule has 1 aromatic rings. The molecule has 1 N–H and O–H groups in total. The third-order valence-corrected chi connectivity index (χ3v) is 4.26. The van der Waals surface area contributed by atoms with Gasteiger partial charge in [-0.25, -0.2) is 0 Å². The fourth-order valence-electron chi connectivity index (χ4n) is 3.05. The first-order valence-corrected chi connectivity index (χ1v) is 7.04. The van der Waals surface area contributed by atoms with Gasteiger partial charge in [-0.2, -0.15) is 0 Å². The van der Waals surface area contributed by atoms with E-state index in [0.29, 0.717) is 18.0 Å². The molecule has 1 heterocycles. The van der Waals surface area contributed by atoms with Crippen molar-refractivity contribution in [2.45, 2.75) is 58.0 Å².